The van der Waals surface area contributed by atoms with Gasteiger partial charge in [-0.1, -0.05) is 45.0 Å². The molecule has 11 heavy (non-hydrogen) atoms. The van der Waals surface area contributed by atoms with Gasteiger partial charge in [0.1, 0.15) is 0 Å². The molecule has 0 aliphatic heterocycles. The van der Waals surface area contributed by atoms with Gasteiger partial charge in [0.15, 0.2) is 0 Å². The van der Waals surface area contributed by atoms with Gasteiger partial charge in [0.05, 0.1) is 0 Å². The molecule has 0 saturated carbocycles. The minimum atomic E-state index is 0. The average molecular weight is 157 g/mol. The van der Waals surface area contributed by atoms with Crippen LogP contribution in [0.1, 0.15) is 26.3 Å². The van der Waals surface area contributed by atoms with Crippen LogP contribution in [0.4, 0.5) is 0 Å². The van der Waals surface area contributed by atoms with E-state index >= 15 is 0 Å². The fourth-order valence-corrected chi connectivity index (χ4v) is 0.887. The van der Waals surface area contributed by atoms with E-state index in [-0.39, 0.29) is 35.0 Å². The predicted octanol–water partition coefficient (Wildman–Crippen LogP) is 2.14. The van der Waals surface area contributed by atoms with Crippen molar-refractivity contribution in [1.29, 1.82) is 0 Å². The normalized spacial score (nSPS) is 10.5. The summed E-state index contributed by atoms with van der Waals surface area (Å²) < 4.78 is 0. The van der Waals surface area contributed by atoms with E-state index in [1.807, 2.05) is 12.1 Å². The molecule has 0 spiro atoms. The number of hydrogen-bond acceptors (Lipinski definition) is 0. The van der Waals surface area contributed by atoms with Gasteiger partial charge in [-0.3, -0.25) is 0 Å². The Morgan fingerprint density at radius 1 is 1.09 bits per heavy atom. The molecule has 55 valence electrons. The summed E-state index contributed by atoms with van der Waals surface area (Å²) in [6.07, 6.45) is 0. The first-order valence-corrected chi connectivity index (χ1v) is 3.57. The quantitative estimate of drug-likeness (QED) is 0.506. The first-order valence-electron chi connectivity index (χ1n) is 3.57. The zero-order valence-electron chi connectivity index (χ0n) is 6.81. The molecule has 1 aromatic carbocycles. The molecule has 0 N–H and O–H groups in total. The van der Waals surface area contributed by atoms with Crippen LogP contribution in [0, 0.1) is 6.07 Å². The van der Waals surface area contributed by atoms with E-state index in [0.29, 0.717) is 0 Å². The van der Waals surface area contributed by atoms with Crippen molar-refractivity contribution in [3.8, 4) is 0 Å². The standard InChI is InChI=1S/C10H13.Na.H/c1-10(2,3)9-7-5-4-6-8-9;;/h5-8H,1-3H3;;. The van der Waals surface area contributed by atoms with Gasteiger partial charge < -0.3 is 0 Å². The molecule has 0 saturated heterocycles. The first kappa shape index (κ1) is 11.2. The van der Waals surface area contributed by atoms with E-state index in [4.69, 9.17) is 0 Å². The van der Waals surface area contributed by atoms with Gasteiger partial charge in [-0.15, -0.1) is 0 Å². The van der Waals surface area contributed by atoms with Gasteiger partial charge in [-0.05, 0) is 17.0 Å². The van der Waals surface area contributed by atoms with Gasteiger partial charge in [0.25, 0.3) is 0 Å². The van der Waals surface area contributed by atoms with Crippen LogP contribution in [0.5, 0.6) is 0 Å². The summed E-state index contributed by atoms with van der Waals surface area (Å²) in [5, 5.41) is 0. The molecule has 1 aromatic rings. The van der Waals surface area contributed by atoms with Gasteiger partial charge in [-0.2, -0.15) is 0 Å². The molecule has 1 radical (unpaired) electrons. The molecule has 0 amide bonds. The van der Waals surface area contributed by atoms with Crippen LogP contribution in [-0.2, 0) is 5.41 Å². The molecule has 0 fully saturated rings. The van der Waals surface area contributed by atoms with Crippen molar-refractivity contribution in [3.05, 3.63) is 35.9 Å². The first-order chi connectivity index (χ1) is 4.61. The monoisotopic (exact) mass is 157 g/mol. The van der Waals surface area contributed by atoms with E-state index in [9.17, 15) is 0 Å². The van der Waals surface area contributed by atoms with Crippen LogP contribution in [0.15, 0.2) is 24.3 Å². The molecule has 0 unspecified atom stereocenters. The van der Waals surface area contributed by atoms with Crippen LogP contribution < -0.4 is 0 Å². The van der Waals surface area contributed by atoms with Gasteiger partial charge >= 0.3 is 29.6 Å². The average Bonchev–Trinajstić information content (AvgIpc) is 1.88. The van der Waals surface area contributed by atoms with Gasteiger partial charge in [-0.25, -0.2) is 0 Å². The molecule has 0 nitrogen and oxygen atoms in total. The number of rotatable bonds is 0. The van der Waals surface area contributed by atoms with Crippen LogP contribution in [-0.4, -0.2) is 29.6 Å². The molecule has 0 aliphatic rings. The maximum atomic E-state index is 3.00. The van der Waals surface area contributed by atoms with E-state index in [1.54, 1.807) is 0 Å². The molecule has 0 bridgehead atoms. The molecular weight excluding hydrogens is 143 g/mol. The summed E-state index contributed by atoms with van der Waals surface area (Å²) in [6, 6.07) is 11.1. The topological polar surface area (TPSA) is 0 Å². The second kappa shape index (κ2) is 4.30. The van der Waals surface area contributed by atoms with Crippen molar-refractivity contribution in [2.45, 2.75) is 26.2 Å². The van der Waals surface area contributed by atoms with Crippen molar-refractivity contribution < 1.29 is 0 Å². The Morgan fingerprint density at radius 2 is 1.55 bits per heavy atom. The summed E-state index contributed by atoms with van der Waals surface area (Å²) in [5.74, 6) is 0. The Balaban J connectivity index is 0.000001000. The van der Waals surface area contributed by atoms with E-state index in [2.05, 4.69) is 39.0 Å². The zero-order chi connectivity index (χ0) is 7.61. The fourth-order valence-electron chi connectivity index (χ4n) is 0.887. The van der Waals surface area contributed by atoms with Crippen molar-refractivity contribution in [1.82, 2.24) is 0 Å². The van der Waals surface area contributed by atoms with E-state index < -0.39 is 0 Å². The summed E-state index contributed by atoms with van der Waals surface area (Å²) >= 11 is 0. The Kier molecular flexibility index (Phi) is 4.38. The molecule has 0 atom stereocenters. The third-order valence-corrected chi connectivity index (χ3v) is 1.58. The third-order valence-electron chi connectivity index (χ3n) is 1.58. The van der Waals surface area contributed by atoms with Crippen LogP contribution in [0.2, 0.25) is 0 Å². The zero-order valence-corrected chi connectivity index (χ0v) is 6.81. The van der Waals surface area contributed by atoms with Crippen LogP contribution >= 0.6 is 0 Å². The van der Waals surface area contributed by atoms with Gasteiger partial charge in [0, 0.05) is 0 Å². The molecule has 0 heterocycles. The second-order valence-electron chi connectivity index (χ2n) is 3.54. The molecule has 0 aromatic heterocycles. The van der Waals surface area contributed by atoms with Crippen LogP contribution in [0.25, 0.3) is 0 Å². The maximum absolute atomic E-state index is 3.00. The van der Waals surface area contributed by atoms with Crippen LogP contribution in [0.3, 0.4) is 0 Å². The van der Waals surface area contributed by atoms with E-state index in [1.165, 1.54) is 5.56 Å². The summed E-state index contributed by atoms with van der Waals surface area (Å²) in [4.78, 5) is 0. The van der Waals surface area contributed by atoms with Crippen molar-refractivity contribution in [2.75, 3.05) is 0 Å². The molecule has 1 heteroatoms. The summed E-state index contributed by atoms with van der Waals surface area (Å²) in [6.45, 7) is 6.63. The fraction of sp³-hybridized carbons (Fsp3) is 0.400. The number of hydrogen-bond donors (Lipinski definition) is 0. The van der Waals surface area contributed by atoms with E-state index in [0.717, 1.165) is 0 Å². The Bertz CT molecular complexity index is 196. The minimum absolute atomic E-state index is 0. The van der Waals surface area contributed by atoms with Crippen molar-refractivity contribution >= 4 is 29.6 Å². The number of benzene rings is 1. The summed E-state index contributed by atoms with van der Waals surface area (Å²) in [5.41, 5.74) is 1.64. The molecular formula is C10H14Na. The van der Waals surface area contributed by atoms with Crippen molar-refractivity contribution in [3.63, 3.8) is 0 Å². The third kappa shape index (κ3) is 3.42. The van der Waals surface area contributed by atoms with Gasteiger partial charge in [0.2, 0.25) is 0 Å². The molecule has 0 aliphatic carbocycles. The Morgan fingerprint density at radius 3 is 1.82 bits per heavy atom. The molecule has 1 rings (SSSR count). The summed E-state index contributed by atoms with van der Waals surface area (Å²) in [7, 11) is 0. The predicted molar refractivity (Wildman–Crippen MR) is 51.1 cm³/mol. The Hall–Kier alpha value is 0.220. The van der Waals surface area contributed by atoms with Crippen molar-refractivity contribution in [2.24, 2.45) is 0 Å². The second-order valence-corrected chi connectivity index (χ2v) is 3.54. The SMILES string of the molecule is CC(C)(C)c1cc[c]cc1.[NaH]. The Labute approximate surface area is 91.3 Å².